The van der Waals surface area contributed by atoms with E-state index in [0.717, 1.165) is 32.1 Å². The van der Waals surface area contributed by atoms with Gasteiger partial charge < -0.3 is 14.6 Å². The topological polar surface area (TPSA) is 72.8 Å². The number of hydrogen-bond acceptors (Lipinski definition) is 5. The van der Waals surface area contributed by atoms with E-state index in [4.69, 9.17) is 9.47 Å². The molecule has 30 heavy (non-hydrogen) atoms. The van der Waals surface area contributed by atoms with Gasteiger partial charge in [-0.15, -0.1) is 0 Å². The third kappa shape index (κ3) is 3.34. The zero-order valence-corrected chi connectivity index (χ0v) is 18.6. The molecule has 4 aliphatic rings. The lowest BCUT2D eigenvalue weighted by atomic mass is 9.48. The Morgan fingerprint density at radius 2 is 1.93 bits per heavy atom. The van der Waals surface area contributed by atoms with E-state index >= 15 is 0 Å². The van der Waals surface area contributed by atoms with Gasteiger partial charge in [0.1, 0.15) is 0 Å². The van der Waals surface area contributed by atoms with Crippen molar-refractivity contribution in [3.63, 3.8) is 0 Å². The van der Waals surface area contributed by atoms with Crippen LogP contribution in [0, 0.1) is 28.6 Å². The average molecular weight is 417 g/mol. The second kappa shape index (κ2) is 7.81. The first-order valence-corrected chi connectivity index (χ1v) is 11.7. The van der Waals surface area contributed by atoms with Crippen molar-refractivity contribution in [1.29, 1.82) is 0 Å². The van der Waals surface area contributed by atoms with Gasteiger partial charge in [-0.2, -0.15) is 0 Å². The summed E-state index contributed by atoms with van der Waals surface area (Å²) in [6.07, 6.45) is 12.6. The Kier molecular flexibility index (Phi) is 5.63. The molecule has 0 aliphatic heterocycles. The van der Waals surface area contributed by atoms with Crippen LogP contribution < -0.4 is 0 Å². The smallest absolute Gasteiger partial charge is 0.435 e. The largest absolute Gasteiger partial charge is 0.508 e. The highest BCUT2D eigenvalue weighted by Gasteiger charge is 2.62. The van der Waals surface area contributed by atoms with Gasteiger partial charge in [-0.3, -0.25) is 4.79 Å². The van der Waals surface area contributed by atoms with Crippen molar-refractivity contribution in [3.8, 4) is 0 Å². The second-order valence-corrected chi connectivity index (χ2v) is 10.3. The van der Waals surface area contributed by atoms with Gasteiger partial charge in [0.05, 0.1) is 18.8 Å². The van der Waals surface area contributed by atoms with E-state index in [1.807, 2.05) is 6.08 Å². The van der Waals surface area contributed by atoms with Crippen LogP contribution in [0.2, 0.25) is 0 Å². The molecule has 0 saturated heterocycles. The number of ketones is 1. The summed E-state index contributed by atoms with van der Waals surface area (Å²) in [6.45, 7) is 6.97. The van der Waals surface area contributed by atoms with Crippen molar-refractivity contribution >= 4 is 11.9 Å². The quantitative estimate of drug-likeness (QED) is 0.505. The molecule has 0 aromatic heterocycles. The summed E-state index contributed by atoms with van der Waals surface area (Å²) in [6, 6.07) is 0. The first-order valence-electron chi connectivity index (χ1n) is 11.7. The van der Waals surface area contributed by atoms with Crippen molar-refractivity contribution in [1.82, 2.24) is 0 Å². The summed E-state index contributed by atoms with van der Waals surface area (Å²) in [4.78, 5) is 23.4. The van der Waals surface area contributed by atoms with Crippen LogP contribution in [0.3, 0.4) is 0 Å². The molecule has 0 aromatic carbocycles. The predicted molar refractivity (Wildman–Crippen MR) is 114 cm³/mol. The summed E-state index contributed by atoms with van der Waals surface area (Å²) in [5.74, 6) is 1.73. The van der Waals surface area contributed by atoms with Gasteiger partial charge in [-0.1, -0.05) is 26.0 Å². The summed E-state index contributed by atoms with van der Waals surface area (Å²) in [7, 11) is 0. The molecule has 6 atom stereocenters. The van der Waals surface area contributed by atoms with Crippen molar-refractivity contribution < 1.29 is 24.2 Å². The first kappa shape index (κ1) is 21.6. The molecule has 5 heteroatoms. The van der Waals surface area contributed by atoms with Crippen LogP contribution in [0.15, 0.2) is 23.8 Å². The molecule has 0 bridgehead atoms. The fraction of sp³-hybridized carbons (Fsp3) is 0.760. The molecule has 166 valence electrons. The number of aliphatic hydroxyl groups is 1. The fourth-order valence-electron chi connectivity index (χ4n) is 7.20. The van der Waals surface area contributed by atoms with Gasteiger partial charge in [0.2, 0.25) is 0 Å². The number of carbonyl (C=O) groups excluding carboxylic acids is 2. The van der Waals surface area contributed by atoms with E-state index < -0.39 is 11.8 Å². The lowest BCUT2D eigenvalue weighted by Gasteiger charge is -2.57. The zero-order valence-electron chi connectivity index (χ0n) is 18.6. The number of ether oxygens (including phenoxy) is 2. The van der Waals surface area contributed by atoms with Gasteiger partial charge in [0.15, 0.2) is 5.78 Å². The van der Waals surface area contributed by atoms with Gasteiger partial charge in [-0.05, 0) is 92.1 Å². The Hall–Kier alpha value is -1.62. The number of allylic oxidation sites excluding steroid dienone is 4. The highest BCUT2D eigenvalue weighted by atomic mass is 16.7. The van der Waals surface area contributed by atoms with Crippen molar-refractivity contribution in [2.24, 2.45) is 28.6 Å². The van der Waals surface area contributed by atoms with Gasteiger partial charge in [0, 0.05) is 6.42 Å². The summed E-state index contributed by atoms with van der Waals surface area (Å²) < 4.78 is 9.91. The van der Waals surface area contributed by atoms with Crippen LogP contribution in [0.5, 0.6) is 0 Å². The normalized spacial score (nSPS) is 42.1. The van der Waals surface area contributed by atoms with Gasteiger partial charge >= 0.3 is 6.16 Å². The van der Waals surface area contributed by atoms with E-state index in [2.05, 4.69) is 26.0 Å². The van der Waals surface area contributed by atoms with Crippen LogP contribution >= 0.6 is 0 Å². The minimum atomic E-state index is -0.714. The highest BCUT2D eigenvalue weighted by molar-refractivity contribution is 5.92. The lowest BCUT2D eigenvalue weighted by molar-refractivity contribution is -0.123. The third-order valence-electron chi connectivity index (χ3n) is 9.05. The Morgan fingerprint density at radius 3 is 2.70 bits per heavy atom. The average Bonchev–Trinajstić information content (AvgIpc) is 2.97. The summed E-state index contributed by atoms with van der Waals surface area (Å²) in [5, 5.41) is 11.7. The lowest BCUT2D eigenvalue weighted by Crippen LogP contribution is -2.53. The van der Waals surface area contributed by atoms with E-state index in [1.165, 1.54) is 5.57 Å². The Bertz CT molecular complexity index is 770. The van der Waals surface area contributed by atoms with E-state index in [0.29, 0.717) is 43.6 Å². The molecule has 0 radical (unpaired) electrons. The summed E-state index contributed by atoms with van der Waals surface area (Å²) >= 11 is 0. The predicted octanol–water partition coefficient (Wildman–Crippen LogP) is 4.98. The molecule has 2 fully saturated rings. The van der Waals surface area contributed by atoms with Crippen molar-refractivity contribution in [3.05, 3.63) is 23.8 Å². The Labute approximate surface area is 179 Å². The number of rotatable bonds is 5. The third-order valence-corrected chi connectivity index (χ3v) is 9.05. The first-order chi connectivity index (χ1) is 14.2. The molecule has 0 heterocycles. The maximum absolute atomic E-state index is 12.0. The monoisotopic (exact) mass is 416 g/mol. The molecule has 2 saturated carbocycles. The summed E-state index contributed by atoms with van der Waals surface area (Å²) in [5.41, 5.74) is 0.467. The van der Waals surface area contributed by atoms with E-state index in [-0.39, 0.29) is 23.2 Å². The molecular weight excluding hydrogens is 380 g/mol. The molecule has 1 N–H and O–H groups in total. The number of carbonyl (C=O) groups is 2. The van der Waals surface area contributed by atoms with Crippen molar-refractivity contribution in [2.75, 3.05) is 13.2 Å². The molecular formula is C25H36O5. The van der Waals surface area contributed by atoms with Gasteiger partial charge in [-0.25, -0.2) is 4.79 Å². The Morgan fingerprint density at radius 1 is 1.17 bits per heavy atom. The van der Waals surface area contributed by atoms with E-state index in [9.17, 15) is 14.7 Å². The van der Waals surface area contributed by atoms with Gasteiger partial charge in [0.25, 0.3) is 0 Å². The molecule has 0 spiro atoms. The zero-order chi connectivity index (χ0) is 21.6. The van der Waals surface area contributed by atoms with Crippen LogP contribution in [0.1, 0.15) is 72.1 Å². The molecule has 0 aromatic rings. The number of fused-ring (bicyclic) bond motifs is 5. The SMILES string of the molecule is CCOC(=O)OCCC[C@]1(O)CC[C@H]2[C@@H]3C=CC4=CC(=O)CC[C@]4(C)[C@H]3CC[C@@]21C. The molecule has 0 amide bonds. The molecule has 0 unspecified atom stereocenters. The number of hydrogen-bond donors (Lipinski definition) is 1. The van der Waals surface area contributed by atoms with Crippen LogP contribution in [0.25, 0.3) is 0 Å². The molecule has 4 aliphatic carbocycles. The molecule has 5 nitrogen and oxygen atoms in total. The maximum atomic E-state index is 12.0. The van der Waals surface area contributed by atoms with Crippen LogP contribution in [-0.4, -0.2) is 35.9 Å². The Balaban J connectivity index is 1.47. The standard InChI is InChI=1S/C25H36O5/c1-4-29-22(27)30-15-5-11-25(28)14-10-21-19-7-6-17-16-18(26)8-12-23(17,2)20(19)9-13-24(21,25)3/h6-7,16,19-21,28H,4-5,8-15H2,1-3H3/t19-,20+,21+,23+,24+,25+/m1/s1. The minimum absolute atomic E-state index is 0.0862. The van der Waals surface area contributed by atoms with Crippen LogP contribution in [-0.2, 0) is 14.3 Å². The fourth-order valence-corrected chi connectivity index (χ4v) is 7.20. The van der Waals surface area contributed by atoms with Crippen molar-refractivity contribution in [2.45, 2.75) is 77.7 Å². The minimum Gasteiger partial charge on any atom is -0.435 e. The maximum Gasteiger partial charge on any atom is 0.508 e. The van der Waals surface area contributed by atoms with E-state index in [1.54, 1.807) is 6.92 Å². The second-order valence-electron chi connectivity index (χ2n) is 10.3. The molecule has 4 rings (SSSR count). The van der Waals surface area contributed by atoms with Crippen LogP contribution in [0.4, 0.5) is 4.79 Å². The highest BCUT2D eigenvalue weighted by Crippen LogP contribution is 2.66.